The second-order valence-corrected chi connectivity index (χ2v) is 5.70. The minimum Gasteiger partial charge on any atom is -0.378 e. The molecule has 0 bridgehead atoms. The van der Waals surface area contributed by atoms with Gasteiger partial charge in [-0.2, -0.15) is 0 Å². The fraction of sp³-hybridized carbons (Fsp3) is 0.588. The van der Waals surface area contributed by atoms with Gasteiger partial charge in [-0.3, -0.25) is 9.88 Å². The van der Waals surface area contributed by atoms with Gasteiger partial charge in [-0.1, -0.05) is 31.3 Å². The van der Waals surface area contributed by atoms with E-state index in [2.05, 4.69) is 27.8 Å². The van der Waals surface area contributed by atoms with Crippen LogP contribution in [-0.4, -0.2) is 33.7 Å². The van der Waals surface area contributed by atoms with Crippen molar-refractivity contribution in [1.82, 2.24) is 9.88 Å². The molecule has 20 heavy (non-hydrogen) atoms. The van der Waals surface area contributed by atoms with Crippen molar-refractivity contribution in [2.45, 2.75) is 51.2 Å². The van der Waals surface area contributed by atoms with Crippen LogP contribution in [0.5, 0.6) is 0 Å². The molecule has 1 fully saturated rings. The molecule has 1 aromatic rings. The van der Waals surface area contributed by atoms with E-state index in [9.17, 15) is 5.11 Å². The number of nitrogens with zero attached hydrogens (tertiary/aromatic N) is 2. The van der Waals surface area contributed by atoms with Gasteiger partial charge < -0.3 is 5.11 Å². The van der Waals surface area contributed by atoms with E-state index in [1.807, 2.05) is 25.4 Å². The second-order valence-electron chi connectivity index (χ2n) is 5.70. The van der Waals surface area contributed by atoms with E-state index < -0.39 is 5.60 Å². The van der Waals surface area contributed by atoms with Crippen molar-refractivity contribution in [2.75, 3.05) is 13.1 Å². The van der Waals surface area contributed by atoms with Gasteiger partial charge in [0.05, 0.1) is 6.54 Å². The molecule has 0 aliphatic carbocycles. The molecule has 108 valence electrons. The highest BCUT2D eigenvalue weighted by Crippen LogP contribution is 2.29. The van der Waals surface area contributed by atoms with Crippen LogP contribution >= 0.6 is 0 Å². The number of aromatic nitrogens is 1. The molecule has 1 saturated heterocycles. The van der Waals surface area contributed by atoms with Crippen molar-refractivity contribution in [1.29, 1.82) is 0 Å². The highest BCUT2D eigenvalue weighted by molar-refractivity contribution is 5.17. The summed E-state index contributed by atoms with van der Waals surface area (Å²) in [6.07, 6.45) is 8.08. The normalized spacial score (nSPS) is 22.6. The number of hydrogen-bond donors (Lipinski definition) is 1. The van der Waals surface area contributed by atoms with Crippen molar-refractivity contribution in [3.8, 4) is 11.8 Å². The Hall–Kier alpha value is -1.37. The van der Waals surface area contributed by atoms with Crippen molar-refractivity contribution >= 4 is 0 Å². The first kappa shape index (κ1) is 15.0. The Morgan fingerprint density at radius 2 is 2.35 bits per heavy atom. The number of piperidine rings is 1. The van der Waals surface area contributed by atoms with Crippen molar-refractivity contribution in [2.24, 2.45) is 0 Å². The molecule has 0 saturated carbocycles. The van der Waals surface area contributed by atoms with Crippen LogP contribution < -0.4 is 0 Å². The molecule has 2 atom stereocenters. The number of pyridine rings is 1. The van der Waals surface area contributed by atoms with Crippen molar-refractivity contribution < 1.29 is 5.11 Å². The van der Waals surface area contributed by atoms with Gasteiger partial charge in [0.2, 0.25) is 0 Å². The van der Waals surface area contributed by atoms with Gasteiger partial charge in [0.25, 0.3) is 0 Å². The van der Waals surface area contributed by atoms with Crippen molar-refractivity contribution in [3.05, 3.63) is 30.1 Å². The van der Waals surface area contributed by atoms with Crippen LogP contribution in [0, 0.1) is 11.8 Å². The van der Waals surface area contributed by atoms with E-state index in [4.69, 9.17) is 0 Å². The Labute approximate surface area is 122 Å². The summed E-state index contributed by atoms with van der Waals surface area (Å²) in [6.45, 7) is 5.51. The molecule has 1 N–H and O–H groups in total. The quantitative estimate of drug-likeness (QED) is 0.860. The lowest BCUT2D eigenvalue weighted by molar-refractivity contribution is 0.117. The van der Waals surface area contributed by atoms with E-state index in [-0.39, 0.29) is 0 Å². The number of likely N-dealkylation sites (tertiary alicyclic amines) is 1. The topological polar surface area (TPSA) is 36.4 Å². The average Bonchev–Trinajstić information content (AvgIpc) is 2.48. The van der Waals surface area contributed by atoms with Gasteiger partial charge in [-0.05, 0) is 44.4 Å². The first-order valence-corrected chi connectivity index (χ1v) is 7.49. The van der Waals surface area contributed by atoms with Gasteiger partial charge in [-0.15, -0.1) is 0 Å². The maximum atomic E-state index is 9.93. The predicted octanol–water partition coefficient (Wildman–Crippen LogP) is 2.77. The molecule has 2 heterocycles. The Kier molecular flexibility index (Phi) is 5.17. The molecule has 2 rings (SSSR count). The fourth-order valence-corrected chi connectivity index (χ4v) is 2.55. The zero-order valence-corrected chi connectivity index (χ0v) is 12.5. The third-order valence-electron chi connectivity index (χ3n) is 4.01. The Morgan fingerprint density at radius 3 is 3.05 bits per heavy atom. The molecule has 1 aliphatic rings. The van der Waals surface area contributed by atoms with Gasteiger partial charge >= 0.3 is 0 Å². The van der Waals surface area contributed by atoms with Crippen LogP contribution in [0.3, 0.4) is 0 Å². The smallest absolute Gasteiger partial charge is 0.122 e. The molecule has 3 heteroatoms. The molecule has 2 unspecified atom stereocenters. The second kappa shape index (κ2) is 6.88. The maximum absolute atomic E-state index is 9.93. The minimum absolute atomic E-state index is 0.415. The van der Waals surface area contributed by atoms with Crippen LogP contribution in [0.1, 0.15) is 51.1 Å². The molecular weight excluding hydrogens is 248 g/mol. The van der Waals surface area contributed by atoms with Crippen LogP contribution in [0.4, 0.5) is 0 Å². The molecule has 0 aromatic carbocycles. The highest BCUT2D eigenvalue weighted by Gasteiger charge is 2.23. The monoisotopic (exact) mass is 272 g/mol. The zero-order valence-electron chi connectivity index (χ0n) is 12.5. The lowest BCUT2D eigenvalue weighted by Gasteiger charge is -2.34. The average molecular weight is 272 g/mol. The molecule has 1 aromatic heterocycles. The maximum Gasteiger partial charge on any atom is 0.122 e. The number of rotatable bonds is 3. The summed E-state index contributed by atoms with van der Waals surface area (Å²) in [5.41, 5.74) is 0.413. The third kappa shape index (κ3) is 4.06. The molecule has 0 spiro atoms. The van der Waals surface area contributed by atoms with Crippen LogP contribution in [0.2, 0.25) is 0 Å². The Morgan fingerprint density at radius 1 is 1.50 bits per heavy atom. The molecular formula is C17H24N2O. The summed E-state index contributed by atoms with van der Waals surface area (Å²) in [4.78, 5) is 6.63. The predicted molar refractivity (Wildman–Crippen MR) is 81.1 cm³/mol. The summed E-state index contributed by atoms with van der Waals surface area (Å²) in [6, 6.07) is 4.56. The van der Waals surface area contributed by atoms with Crippen molar-refractivity contribution in [3.63, 3.8) is 0 Å². The number of aliphatic hydroxyl groups is 1. The van der Waals surface area contributed by atoms with E-state index in [1.54, 1.807) is 6.92 Å². The van der Waals surface area contributed by atoms with Crippen LogP contribution in [0.25, 0.3) is 0 Å². The Balaban J connectivity index is 2.05. The van der Waals surface area contributed by atoms with Gasteiger partial charge in [-0.25, -0.2) is 0 Å². The first-order chi connectivity index (χ1) is 9.62. The fourth-order valence-electron chi connectivity index (χ4n) is 2.55. The summed E-state index contributed by atoms with van der Waals surface area (Å²) in [7, 11) is 0. The zero-order chi connectivity index (χ0) is 14.4. The molecule has 3 nitrogen and oxygen atoms in total. The molecule has 0 amide bonds. The van der Waals surface area contributed by atoms with E-state index in [0.29, 0.717) is 12.5 Å². The van der Waals surface area contributed by atoms with Gasteiger partial charge in [0.1, 0.15) is 5.60 Å². The van der Waals surface area contributed by atoms with Crippen LogP contribution in [0.15, 0.2) is 24.5 Å². The summed E-state index contributed by atoms with van der Waals surface area (Å²) in [5.74, 6) is 6.13. The largest absolute Gasteiger partial charge is 0.378 e. The molecule has 1 aliphatic heterocycles. The summed E-state index contributed by atoms with van der Waals surface area (Å²) < 4.78 is 0. The number of hydrogen-bond acceptors (Lipinski definition) is 3. The van der Waals surface area contributed by atoms with E-state index in [0.717, 1.165) is 19.5 Å². The lowest BCUT2D eigenvalue weighted by atomic mass is 9.96. The summed E-state index contributed by atoms with van der Waals surface area (Å²) >= 11 is 0. The van der Waals surface area contributed by atoms with Gasteiger partial charge in [0.15, 0.2) is 0 Å². The third-order valence-corrected chi connectivity index (χ3v) is 4.01. The standard InChI is InChI=1S/C17H24N2O/c1-3-17(2,20)10-7-13-19-12-5-4-9-16(19)15-8-6-11-18-14-15/h6,8,11,14,16,20H,3-5,9,12-13H2,1-2H3. The van der Waals surface area contributed by atoms with E-state index in [1.165, 1.54) is 18.4 Å². The highest BCUT2D eigenvalue weighted by atomic mass is 16.3. The lowest BCUT2D eigenvalue weighted by Crippen LogP contribution is -2.34. The SMILES string of the molecule is CCC(C)(O)C#CCN1CCCCC1c1cccnc1. The minimum atomic E-state index is -0.862. The summed E-state index contributed by atoms with van der Waals surface area (Å²) in [5, 5.41) is 9.93. The Bertz CT molecular complexity index is 473. The molecule has 0 radical (unpaired) electrons. The van der Waals surface area contributed by atoms with E-state index >= 15 is 0 Å². The van der Waals surface area contributed by atoms with Crippen LogP contribution in [-0.2, 0) is 0 Å². The first-order valence-electron chi connectivity index (χ1n) is 7.49. The van der Waals surface area contributed by atoms with Gasteiger partial charge in [0, 0.05) is 18.4 Å².